The Morgan fingerprint density at radius 3 is 2.47 bits per heavy atom. The van der Waals surface area contributed by atoms with E-state index in [2.05, 4.69) is 15.9 Å². The van der Waals surface area contributed by atoms with Crippen LogP contribution < -0.4 is 10.5 Å². The van der Waals surface area contributed by atoms with E-state index in [1.165, 1.54) is 6.07 Å². The molecule has 0 aliphatic carbocycles. The molecule has 2 aromatic rings. The van der Waals surface area contributed by atoms with Crippen LogP contribution in [0.3, 0.4) is 0 Å². The van der Waals surface area contributed by atoms with Crippen LogP contribution in [0, 0.1) is 11.6 Å². The molecule has 0 aromatic heterocycles. The maximum Gasteiger partial charge on any atom is 0.162 e. The zero-order valence-corrected chi connectivity index (χ0v) is 11.9. The Bertz CT molecular complexity index is 649. The third kappa shape index (κ3) is 3.27. The molecule has 2 nitrogen and oxygen atoms in total. The van der Waals surface area contributed by atoms with Crippen LogP contribution in [-0.2, 0) is 0 Å². The molecule has 2 N–H and O–H groups in total. The maximum absolute atomic E-state index is 13.1. The van der Waals surface area contributed by atoms with Gasteiger partial charge in [-0.05, 0) is 30.3 Å². The monoisotopic (exact) mass is 343 g/mol. The molecule has 2 rings (SSSR count). The second kappa shape index (κ2) is 5.63. The molecule has 6 heteroatoms. The van der Waals surface area contributed by atoms with E-state index in [4.69, 9.17) is 22.7 Å². The number of thiocarbonyl (C=S) groups is 1. The van der Waals surface area contributed by atoms with Crippen molar-refractivity contribution in [1.82, 2.24) is 0 Å². The highest BCUT2D eigenvalue weighted by Gasteiger charge is 2.10. The van der Waals surface area contributed by atoms with Crippen LogP contribution in [0.1, 0.15) is 5.56 Å². The Balaban J connectivity index is 2.39. The van der Waals surface area contributed by atoms with Gasteiger partial charge in [-0.2, -0.15) is 0 Å². The minimum Gasteiger partial charge on any atom is -0.456 e. The van der Waals surface area contributed by atoms with E-state index in [9.17, 15) is 8.78 Å². The summed E-state index contributed by atoms with van der Waals surface area (Å²) in [6.07, 6.45) is 0. The Morgan fingerprint density at radius 2 is 1.84 bits per heavy atom. The lowest BCUT2D eigenvalue weighted by Crippen LogP contribution is -2.10. The number of hydrogen-bond donors (Lipinski definition) is 1. The summed E-state index contributed by atoms with van der Waals surface area (Å²) in [6, 6.07) is 8.36. The lowest BCUT2D eigenvalue weighted by molar-refractivity contribution is 0.461. The van der Waals surface area contributed by atoms with Crippen LogP contribution in [-0.4, -0.2) is 4.99 Å². The Hall–Kier alpha value is -1.53. The molecule has 0 fully saturated rings. The minimum atomic E-state index is -0.982. The van der Waals surface area contributed by atoms with Gasteiger partial charge in [0.2, 0.25) is 0 Å². The predicted octanol–water partition coefficient (Wildman–Crippen LogP) is 4.15. The van der Waals surface area contributed by atoms with E-state index in [-0.39, 0.29) is 10.7 Å². The van der Waals surface area contributed by atoms with Crippen LogP contribution in [0.25, 0.3) is 0 Å². The third-order valence-electron chi connectivity index (χ3n) is 2.33. The highest BCUT2D eigenvalue weighted by molar-refractivity contribution is 9.10. The average Bonchev–Trinajstić information content (AvgIpc) is 2.33. The number of benzene rings is 2. The van der Waals surface area contributed by atoms with Gasteiger partial charge in [-0.3, -0.25) is 0 Å². The fourth-order valence-electron chi connectivity index (χ4n) is 1.45. The molecule has 0 bridgehead atoms. The number of nitrogens with two attached hydrogens (primary N) is 1. The Morgan fingerprint density at radius 1 is 1.11 bits per heavy atom. The first-order valence-electron chi connectivity index (χ1n) is 5.19. The van der Waals surface area contributed by atoms with Crippen molar-refractivity contribution in [3.8, 4) is 11.5 Å². The number of hydrogen-bond acceptors (Lipinski definition) is 2. The van der Waals surface area contributed by atoms with Gasteiger partial charge in [0, 0.05) is 10.5 Å². The Kier molecular flexibility index (Phi) is 4.11. The van der Waals surface area contributed by atoms with Crippen molar-refractivity contribution in [3.05, 3.63) is 58.1 Å². The molecule has 0 spiro atoms. The molecule has 0 unspecified atom stereocenters. The van der Waals surface area contributed by atoms with Crippen LogP contribution >= 0.6 is 28.1 Å². The second-order valence-corrected chi connectivity index (χ2v) is 5.04. The molecular weight excluding hydrogens is 336 g/mol. The molecule has 0 saturated heterocycles. The first kappa shape index (κ1) is 13.9. The van der Waals surface area contributed by atoms with Gasteiger partial charge in [0.25, 0.3) is 0 Å². The SMILES string of the molecule is NC(=S)c1ccc(Br)cc1Oc1ccc(F)c(F)c1. The van der Waals surface area contributed by atoms with E-state index in [0.29, 0.717) is 11.3 Å². The fourth-order valence-corrected chi connectivity index (χ4v) is 1.96. The molecule has 0 amide bonds. The van der Waals surface area contributed by atoms with Crippen molar-refractivity contribution >= 4 is 33.1 Å². The lowest BCUT2D eigenvalue weighted by Gasteiger charge is -2.11. The predicted molar refractivity (Wildman–Crippen MR) is 76.5 cm³/mol. The first-order chi connectivity index (χ1) is 8.97. The van der Waals surface area contributed by atoms with Crippen LogP contribution in [0.5, 0.6) is 11.5 Å². The third-order valence-corrected chi connectivity index (χ3v) is 3.04. The largest absolute Gasteiger partial charge is 0.456 e. The van der Waals surface area contributed by atoms with Gasteiger partial charge in [-0.25, -0.2) is 8.78 Å². The van der Waals surface area contributed by atoms with Crippen LogP contribution in [0.4, 0.5) is 8.78 Å². The van der Waals surface area contributed by atoms with Gasteiger partial charge >= 0.3 is 0 Å². The summed E-state index contributed by atoms with van der Waals surface area (Å²) in [5.74, 6) is -1.39. The summed E-state index contributed by atoms with van der Waals surface area (Å²) in [5, 5.41) is 0. The Labute approximate surface area is 122 Å². The van der Waals surface area contributed by atoms with Crippen molar-refractivity contribution < 1.29 is 13.5 Å². The van der Waals surface area contributed by atoms with Gasteiger partial charge < -0.3 is 10.5 Å². The van der Waals surface area contributed by atoms with Gasteiger partial charge in [-0.15, -0.1) is 0 Å². The average molecular weight is 344 g/mol. The summed E-state index contributed by atoms with van der Waals surface area (Å²) in [6.45, 7) is 0. The highest BCUT2D eigenvalue weighted by Crippen LogP contribution is 2.29. The van der Waals surface area contributed by atoms with Gasteiger partial charge in [-0.1, -0.05) is 28.1 Å². The van der Waals surface area contributed by atoms with Crippen molar-refractivity contribution in [2.24, 2.45) is 5.73 Å². The minimum absolute atomic E-state index is 0.157. The molecule has 0 saturated carbocycles. The summed E-state index contributed by atoms with van der Waals surface area (Å²) in [4.78, 5) is 0.157. The normalized spacial score (nSPS) is 10.3. The molecule has 19 heavy (non-hydrogen) atoms. The first-order valence-corrected chi connectivity index (χ1v) is 6.40. The lowest BCUT2D eigenvalue weighted by atomic mass is 10.2. The summed E-state index contributed by atoms with van der Waals surface area (Å²) in [7, 11) is 0. The molecule has 0 atom stereocenters. The number of rotatable bonds is 3. The van der Waals surface area contributed by atoms with Gasteiger partial charge in [0.05, 0.1) is 5.56 Å². The standard InChI is InChI=1S/C13H8BrF2NOS/c14-7-1-3-9(13(17)19)12(5-7)18-8-2-4-10(15)11(16)6-8/h1-6H,(H2,17,19). The maximum atomic E-state index is 13.1. The van der Waals surface area contributed by atoms with Crippen molar-refractivity contribution in [2.45, 2.75) is 0 Å². The zero-order chi connectivity index (χ0) is 14.0. The molecule has 0 aliphatic heterocycles. The van der Waals surface area contributed by atoms with E-state index < -0.39 is 11.6 Å². The smallest absolute Gasteiger partial charge is 0.162 e. The van der Waals surface area contributed by atoms with E-state index in [1.807, 2.05) is 0 Å². The highest BCUT2D eigenvalue weighted by atomic mass is 79.9. The van der Waals surface area contributed by atoms with Crippen LogP contribution in [0.2, 0.25) is 0 Å². The molecule has 0 radical (unpaired) electrons. The molecule has 0 aliphatic rings. The summed E-state index contributed by atoms with van der Waals surface area (Å²) >= 11 is 8.19. The number of ether oxygens (including phenoxy) is 1. The fraction of sp³-hybridized carbons (Fsp3) is 0. The van der Waals surface area contributed by atoms with Crippen molar-refractivity contribution in [1.29, 1.82) is 0 Å². The van der Waals surface area contributed by atoms with Crippen molar-refractivity contribution in [3.63, 3.8) is 0 Å². The summed E-state index contributed by atoms with van der Waals surface area (Å²) < 4.78 is 32.2. The zero-order valence-electron chi connectivity index (χ0n) is 9.49. The quantitative estimate of drug-likeness (QED) is 0.850. The van der Waals surface area contributed by atoms with Gasteiger partial charge in [0.15, 0.2) is 11.6 Å². The van der Waals surface area contributed by atoms with E-state index >= 15 is 0 Å². The molecule has 2 aromatic carbocycles. The summed E-state index contributed by atoms with van der Waals surface area (Å²) in [5.41, 5.74) is 6.09. The molecular formula is C13H8BrF2NOS. The van der Waals surface area contributed by atoms with E-state index in [0.717, 1.165) is 16.6 Å². The molecule has 98 valence electrons. The number of halogens is 3. The topological polar surface area (TPSA) is 35.2 Å². The van der Waals surface area contributed by atoms with E-state index in [1.54, 1.807) is 18.2 Å². The van der Waals surface area contributed by atoms with Crippen LogP contribution in [0.15, 0.2) is 40.9 Å². The molecule has 0 heterocycles. The van der Waals surface area contributed by atoms with Crippen molar-refractivity contribution in [2.75, 3.05) is 0 Å². The van der Waals surface area contributed by atoms with Gasteiger partial charge in [0.1, 0.15) is 16.5 Å². The second-order valence-electron chi connectivity index (χ2n) is 3.68.